The van der Waals surface area contributed by atoms with E-state index in [9.17, 15) is 9.59 Å². The smallest absolute Gasteiger partial charge is 0.330 e. The zero-order chi connectivity index (χ0) is 19.3. The van der Waals surface area contributed by atoms with Crippen molar-refractivity contribution < 1.29 is 14.1 Å². The number of hydrogen-bond acceptors (Lipinski definition) is 7. The van der Waals surface area contributed by atoms with Gasteiger partial charge in [0.25, 0.3) is 5.91 Å². The van der Waals surface area contributed by atoms with Gasteiger partial charge < -0.3 is 9.42 Å². The lowest BCUT2D eigenvalue weighted by atomic mass is 9.88. The van der Waals surface area contributed by atoms with Crippen LogP contribution in [0.1, 0.15) is 44.9 Å². The summed E-state index contributed by atoms with van der Waals surface area (Å²) in [7, 11) is 0. The summed E-state index contributed by atoms with van der Waals surface area (Å²) < 4.78 is 5.11. The molecular formula is C19H24N6O3. The molecule has 2 aliphatic rings. The molecule has 4 rings (SSSR count). The molecule has 2 N–H and O–H groups in total. The number of pyridine rings is 1. The fourth-order valence-electron chi connectivity index (χ4n) is 3.98. The summed E-state index contributed by atoms with van der Waals surface area (Å²) in [6.45, 7) is 0.639. The summed E-state index contributed by atoms with van der Waals surface area (Å²) in [6, 6.07) is 3.16. The lowest BCUT2D eigenvalue weighted by Gasteiger charge is -2.29. The highest BCUT2D eigenvalue weighted by molar-refractivity contribution is 5.89. The third-order valence-corrected chi connectivity index (χ3v) is 5.45. The molecule has 0 aromatic carbocycles. The maximum Gasteiger partial charge on any atom is 0.340 e. The van der Waals surface area contributed by atoms with Crippen LogP contribution in [0.5, 0.6) is 0 Å². The van der Waals surface area contributed by atoms with E-state index in [1.165, 1.54) is 6.42 Å². The third-order valence-electron chi connectivity index (χ3n) is 5.45. The van der Waals surface area contributed by atoms with Crippen molar-refractivity contribution in [2.24, 2.45) is 5.92 Å². The van der Waals surface area contributed by atoms with Crippen LogP contribution in [0.25, 0.3) is 11.4 Å². The van der Waals surface area contributed by atoms with Gasteiger partial charge in [-0.2, -0.15) is 4.98 Å². The minimum absolute atomic E-state index is 0.0639. The second-order valence-corrected chi connectivity index (χ2v) is 7.30. The Hall–Kier alpha value is -2.97. The minimum atomic E-state index is -0.454. The molecular weight excluding hydrogens is 360 g/mol. The molecule has 1 aliphatic carbocycles. The van der Waals surface area contributed by atoms with Gasteiger partial charge in [0.15, 0.2) is 0 Å². The summed E-state index contributed by atoms with van der Waals surface area (Å²) >= 11 is 0. The van der Waals surface area contributed by atoms with Crippen LogP contribution in [0, 0.1) is 5.92 Å². The number of carbonyl (C=O) groups is 2. The molecule has 3 heterocycles. The normalized spacial score (nSPS) is 20.1. The number of nitrogens with one attached hydrogen (secondary N) is 2. The topological polar surface area (TPSA) is 113 Å². The summed E-state index contributed by atoms with van der Waals surface area (Å²) in [4.78, 5) is 35.3. The highest BCUT2D eigenvalue weighted by Crippen LogP contribution is 2.28. The highest BCUT2D eigenvalue weighted by Gasteiger charge is 2.37. The van der Waals surface area contributed by atoms with E-state index in [4.69, 9.17) is 4.52 Å². The van der Waals surface area contributed by atoms with Crippen molar-refractivity contribution in [3.05, 3.63) is 24.5 Å². The van der Waals surface area contributed by atoms with Crippen LogP contribution in [0.15, 0.2) is 29.0 Å². The molecule has 2 aromatic rings. The lowest BCUT2D eigenvalue weighted by Crippen LogP contribution is -2.49. The summed E-state index contributed by atoms with van der Waals surface area (Å²) in [5.41, 5.74) is 6.02. The van der Waals surface area contributed by atoms with Crippen LogP contribution >= 0.6 is 0 Å². The lowest BCUT2D eigenvalue weighted by molar-refractivity contribution is -0.142. The first-order chi connectivity index (χ1) is 13.7. The van der Waals surface area contributed by atoms with Gasteiger partial charge >= 0.3 is 6.01 Å². The van der Waals surface area contributed by atoms with Crippen LogP contribution in [0.4, 0.5) is 6.01 Å². The predicted molar refractivity (Wildman–Crippen MR) is 101 cm³/mol. The Morgan fingerprint density at radius 3 is 2.64 bits per heavy atom. The van der Waals surface area contributed by atoms with E-state index >= 15 is 0 Å². The molecule has 9 heteroatoms. The number of hydrazine groups is 1. The zero-order valence-corrected chi connectivity index (χ0v) is 15.6. The van der Waals surface area contributed by atoms with Crippen LogP contribution in [0.3, 0.4) is 0 Å². The van der Waals surface area contributed by atoms with E-state index < -0.39 is 6.04 Å². The van der Waals surface area contributed by atoms with E-state index in [-0.39, 0.29) is 23.7 Å². The molecule has 2 aromatic heterocycles. The Bertz CT molecular complexity index is 818. The number of hydrogen-bond donors (Lipinski definition) is 2. The van der Waals surface area contributed by atoms with Gasteiger partial charge in [-0.1, -0.05) is 24.4 Å². The van der Waals surface area contributed by atoms with Crippen LogP contribution in [-0.2, 0) is 9.59 Å². The van der Waals surface area contributed by atoms with E-state index in [0.717, 1.165) is 37.7 Å². The van der Waals surface area contributed by atoms with Crippen molar-refractivity contribution in [3.8, 4) is 11.4 Å². The van der Waals surface area contributed by atoms with E-state index in [1.807, 2.05) is 0 Å². The van der Waals surface area contributed by atoms with E-state index in [2.05, 4.69) is 26.0 Å². The first kappa shape index (κ1) is 18.4. The van der Waals surface area contributed by atoms with Crippen molar-refractivity contribution >= 4 is 17.8 Å². The molecule has 28 heavy (non-hydrogen) atoms. The van der Waals surface area contributed by atoms with E-state index in [1.54, 1.807) is 29.4 Å². The standard InChI is InChI=1S/C19H24N6O3/c26-17(15-7-4-12-25(15)18(27)14-5-2-1-3-6-14)22-23-19-21-16(24-28-19)13-8-10-20-11-9-13/h8-11,14-15H,1-7,12H2,(H,22,26)(H,21,23,24). The average molecular weight is 384 g/mol. The molecule has 9 nitrogen and oxygen atoms in total. The Morgan fingerprint density at radius 2 is 1.86 bits per heavy atom. The SMILES string of the molecule is O=C(NNc1nc(-c2ccncc2)no1)C1CCCN1C(=O)C1CCCCC1. The molecule has 0 bridgehead atoms. The van der Waals surface area contributed by atoms with Gasteiger partial charge in [-0.3, -0.25) is 20.0 Å². The molecule has 0 radical (unpaired) electrons. The highest BCUT2D eigenvalue weighted by atomic mass is 16.5. The number of amides is 2. The first-order valence-electron chi connectivity index (χ1n) is 9.83. The van der Waals surface area contributed by atoms with Crippen molar-refractivity contribution in [1.82, 2.24) is 25.5 Å². The summed E-state index contributed by atoms with van der Waals surface area (Å²) in [6.07, 6.45) is 10.0. The van der Waals surface area contributed by atoms with Gasteiger partial charge in [0.2, 0.25) is 11.7 Å². The Labute approximate surface area is 162 Å². The van der Waals surface area contributed by atoms with Crippen molar-refractivity contribution in [2.45, 2.75) is 51.0 Å². The van der Waals surface area contributed by atoms with Crippen molar-refractivity contribution in [2.75, 3.05) is 12.0 Å². The van der Waals surface area contributed by atoms with Gasteiger partial charge in [-0.15, -0.1) is 0 Å². The molecule has 1 aliphatic heterocycles. The number of rotatable bonds is 5. The molecule has 148 valence electrons. The molecule has 2 amide bonds. The van der Waals surface area contributed by atoms with Crippen LogP contribution < -0.4 is 10.9 Å². The average Bonchev–Trinajstić information content (AvgIpc) is 3.43. The first-order valence-corrected chi connectivity index (χ1v) is 9.83. The molecule has 1 atom stereocenters. The molecule has 1 unspecified atom stereocenters. The molecule has 2 fully saturated rings. The van der Waals surface area contributed by atoms with Crippen molar-refractivity contribution in [1.29, 1.82) is 0 Å². The van der Waals surface area contributed by atoms with Gasteiger partial charge in [0.1, 0.15) is 6.04 Å². The third kappa shape index (κ3) is 3.97. The largest absolute Gasteiger partial charge is 0.340 e. The van der Waals surface area contributed by atoms with Crippen LogP contribution in [0.2, 0.25) is 0 Å². The molecule has 0 spiro atoms. The number of anilines is 1. The Morgan fingerprint density at radius 1 is 1.07 bits per heavy atom. The number of nitrogens with zero attached hydrogens (tertiary/aromatic N) is 4. The second kappa shape index (κ2) is 8.37. The maximum atomic E-state index is 12.8. The quantitative estimate of drug-likeness (QED) is 0.759. The molecule has 1 saturated heterocycles. The van der Waals surface area contributed by atoms with Crippen molar-refractivity contribution in [3.63, 3.8) is 0 Å². The summed E-state index contributed by atoms with van der Waals surface area (Å²) in [5.74, 6) is 0.323. The minimum Gasteiger partial charge on any atom is -0.330 e. The zero-order valence-electron chi connectivity index (χ0n) is 15.6. The van der Waals surface area contributed by atoms with E-state index in [0.29, 0.717) is 18.8 Å². The molecule has 1 saturated carbocycles. The number of likely N-dealkylation sites (tertiary alicyclic amines) is 1. The number of carbonyl (C=O) groups excluding carboxylic acids is 2. The van der Waals surface area contributed by atoms with Gasteiger partial charge in [0.05, 0.1) is 0 Å². The van der Waals surface area contributed by atoms with Gasteiger partial charge in [0, 0.05) is 30.4 Å². The second-order valence-electron chi connectivity index (χ2n) is 7.30. The fourth-order valence-corrected chi connectivity index (χ4v) is 3.98. The predicted octanol–water partition coefficient (Wildman–Crippen LogP) is 2.15. The Kier molecular flexibility index (Phi) is 5.50. The fraction of sp³-hybridized carbons (Fsp3) is 0.526. The maximum absolute atomic E-state index is 12.8. The van der Waals surface area contributed by atoms with Gasteiger partial charge in [-0.05, 0) is 37.8 Å². The monoisotopic (exact) mass is 384 g/mol. The number of aromatic nitrogens is 3. The summed E-state index contributed by atoms with van der Waals surface area (Å²) in [5, 5.41) is 3.87. The van der Waals surface area contributed by atoms with Gasteiger partial charge in [-0.25, -0.2) is 5.43 Å². The Balaban J connectivity index is 1.34. The van der Waals surface area contributed by atoms with Crippen LogP contribution in [-0.4, -0.2) is 44.4 Å².